The highest BCUT2D eigenvalue weighted by Gasteiger charge is 2.50. The molecule has 5 aromatic rings. The number of piperidine rings is 1. The first-order chi connectivity index (χ1) is 29.9. The number of carbonyl (C=O) groups excluding carboxylic acids is 1. The van der Waals surface area contributed by atoms with E-state index in [9.17, 15) is 23.3 Å². The summed E-state index contributed by atoms with van der Waals surface area (Å²) in [6, 6.07) is 19.5. The summed E-state index contributed by atoms with van der Waals surface area (Å²) < 4.78 is 41.8. The zero-order valence-corrected chi connectivity index (χ0v) is 35.8. The molecular weight excluding hydrogens is 809 g/mol. The lowest BCUT2D eigenvalue weighted by Gasteiger charge is -2.56. The first-order valence-corrected chi connectivity index (χ1v) is 23.4. The van der Waals surface area contributed by atoms with Crippen molar-refractivity contribution < 1.29 is 27.6 Å². The highest BCUT2D eigenvalue weighted by atomic mass is 32.2. The van der Waals surface area contributed by atoms with Crippen LogP contribution in [0.2, 0.25) is 0 Å². The smallest absolute Gasteiger partial charge is 0.300 e. The van der Waals surface area contributed by atoms with Gasteiger partial charge in [-0.2, -0.15) is 13.4 Å². The lowest BCUT2D eigenvalue weighted by atomic mass is 9.59. The van der Waals surface area contributed by atoms with Crippen LogP contribution in [-0.4, -0.2) is 77.4 Å². The number of nitrogens with zero attached hydrogens (tertiary/aromatic N) is 5. The summed E-state index contributed by atoms with van der Waals surface area (Å²) in [5.74, 6) is 0.116. The molecule has 5 aliphatic rings. The minimum atomic E-state index is -4.72. The van der Waals surface area contributed by atoms with Gasteiger partial charge in [-0.15, -0.1) is 0 Å². The molecule has 0 bridgehead atoms. The highest BCUT2D eigenvalue weighted by Crippen LogP contribution is 2.54. The van der Waals surface area contributed by atoms with Gasteiger partial charge in [0, 0.05) is 48.5 Å². The lowest BCUT2D eigenvalue weighted by molar-refractivity contribution is -0.384. The molecule has 0 radical (unpaired) electrons. The Hall–Kier alpha value is -5.74. The number of amides is 1. The van der Waals surface area contributed by atoms with E-state index in [1.807, 2.05) is 12.1 Å². The molecule has 6 heterocycles. The number of sulfonamides is 1. The average Bonchev–Trinajstić information content (AvgIpc) is 3.92. The maximum absolute atomic E-state index is 14.0. The van der Waals surface area contributed by atoms with Crippen molar-refractivity contribution in [2.75, 3.05) is 36.5 Å². The Labute approximate surface area is 360 Å². The van der Waals surface area contributed by atoms with Crippen molar-refractivity contribution >= 4 is 44.0 Å². The van der Waals surface area contributed by atoms with Gasteiger partial charge in [-0.3, -0.25) is 19.8 Å². The Morgan fingerprint density at radius 2 is 1.84 bits per heavy atom. The minimum Gasteiger partial charge on any atom is -0.474 e. The van der Waals surface area contributed by atoms with Crippen LogP contribution < -0.4 is 24.4 Å². The standard InChI is InChI=1S/C46H52N8O7S/c1-28(2)34-9-3-4-10-35(34)38-11-6-18-53(38)32-24-46(25-32)15-19-52(20-16-46)31-12-13-36(40(22-31)61-33-21-30-14-17-47-43(30)48-26-33)44(55)51-62(58,59)41-23-39(54(56)57)42-45(50-41)60-27-37(49-42)29-7-5-8-29/h3-4,9-10,12-14,17,21-23,26,28-29,32,37-38,49H,5-8,11,15-16,18-20,24-25,27H2,1-2H3,(H,47,48)(H,51,55)/t37-,38+/m1/s1. The summed E-state index contributed by atoms with van der Waals surface area (Å²) in [5, 5.41) is 15.4. The molecule has 2 aliphatic carbocycles. The van der Waals surface area contributed by atoms with Crippen molar-refractivity contribution in [2.45, 2.75) is 101 Å². The second-order valence-corrected chi connectivity index (χ2v) is 19.8. The quantitative estimate of drug-likeness (QED) is 0.0852. The predicted octanol–water partition coefficient (Wildman–Crippen LogP) is 8.46. The van der Waals surface area contributed by atoms with E-state index in [1.54, 1.807) is 24.4 Å². The van der Waals surface area contributed by atoms with Crippen LogP contribution in [0.3, 0.4) is 0 Å². The number of likely N-dealkylation sites (tertiary alicyclic amines) is 1. The van der Waals surface area contributed by atoms with Crippen molar-refractivity contribution in [1.82, 2.24) is 24.6 Å². The van der Waals surface area contributed by atoms with Gasteiger partial charge in [-0.1, -0.05) is 44.5 Å². The molecule has 3 N–H and O–H groups in total. The van der Waals surface area contributed by atoms with Crippen molar-refractivity contribution in [2.24, 2.45) is 11.3 Å². The van der Waals surface area contributed by atoms with E-state index in [4.69, 9.17) is 9.47 Å². The van der Waals surface area contributed by atoms with Crippen LogP contribution in [0.1, 0.15) is 105 Å². The predicted molar refractivity (Wildman–Crippen MR) is 235 cm³/mol. The number of nitrogens with one attached hydrogen (secondary N) is 3. The van der Waals surface area contributed by atoms with Crippen LogP contribution >= 0.6 is 0 Å². The molecule has 0 unspecified atom stereocenters. The van der Waals surface area contributed by atoms with Crippen LogP contribution in [-0.2, 0) is 10.0 Å². The third kappa shape index (κ3) is 7.50. The SMILES string of the molecule is CC(C)c1ccccc1[C@@H]1CCCN1C1CC2(CCN(c3ccc(C(=O)NS(=O)(=O)c4cc([N+](=O)[O-])c5c(n4)OC[C@H](C4CCC4)N5)c(Oc4cnc5[nH]ccc5c4)c3)CC2)C1. The summed E-state index contributed by atoms with van der Waals surface area (Å²) in [7, 11) is -4.72. The molecule has 15 nitrogen and oxygen atoms in total. The molecule has 2 atom stereocenters. The summed E-state index contributed by atoms with van der Waals surface area (Å²) in [6.45, 7) is 7.59. The molecule has 3 aromatic heterocycles. The number of hydrogen-bond donors (Lipinski definition) is 3. The number of rotatable bonds is 11. The zero-order valence-electron chi connectivity index (χ0n) is 35.0. The second-order valence-electron chi connectivity index (χ2n) is 18.2. The molecule has 324 valence electrons. The number of hydrogen-bond acceptors (Lipinski definition) is 12. The van der Waals surface area contributed by atoms with Crippen LogP contribution in [0.5, 0.6) is 17.4 Å². The fraction of sp³-hybridized carbons (Fsp3) is 0.457. The van der Waals surface area contributed by atoms with E-state index >= 15 is 0 Å². The summed E-state index contributed by atoms with van der Waals surface area (Å²) in [6.07, 6.45) is 13.3. The van der Waals surface area contributed by atoms with Crippen LogP contribution in [0.4, 0.5) is 17.1 Å². The first-order valence-electron chi connectivity index (χ1n) is 21.9. The molecular formula is C46H52N8O7S. The molecule has 10 rings (SSSR count). The third-order valence-electron chi connectivity index (χ3n) is 14.2. The molecule has 1 amide bonds. The Balaban J connectivity index is 0.864. The van der Waals surface area contributed by atoms with Crippen molar-refractivity contribution in [1.29, 1.82) is 0 Å². The lowest BCUT2D eigenvalue weighted by Crippen LogP contribution is -2.54. The monoisotopic (exact) mass is 860 g/mol. The second kappa shape index (κ2) is 15.9. The Morgan fingerprint density at radius 3 is 2.60 bits per heavy atom. The number of aromatic nitrogens is 3. The van der Waals surface area contributed by atoms with E-state index in [2.05, 4.69) is 72.9 Å². The van der Waals surface area contributed by atoms with E-state index < -0.39 is 31.6 Å². The first kappa shape index (κ1) is 40.3. The number of carbonyl (C=O) groups is 1. The molecule has 2 saturated carbocycles. The van der Waals surface area contributed by atoms with Gasteiger partial charge < -0.3 is 24.7 Å². The van der Waals surface area contributed by atoms with Gasteiger partial charge in [0.05, 0.1) is 28.8 Å². The van der Waals surface area contributed by atoms with E-state index in [0.717, 1.165) is 68.9 Å². The summed E-state index contributed by atoms with van der Waals surface area (Å²) in [4.78, 5) is 42.2. The number of nitro groups is 1. The number of ether oxygens (including phenoxy) is 2. The van der Waals surface area contributed by atoms with Crippen molar-refractivity contribution in [3.8, 4) is 17.4 Å². The molecule has 62 heavy (non-hydrogen) atoms. The van der Waals surface area contributed by atoms with Gasteiger partial charge in [0.2, 0.25) is 5.88 Å². The summed E-state index contributed by atoms with van der Waals surface area (Å²) >= 11 is 0. The zero-order chi connectivity index (χ0) is 42.8. The molecule has 2 aromatic carbocycles. The van der Waals surface area contributed by atoms with Gasteiger partial charge >= 0.3 is 5.69 Å². The molecule has 16 heteroatoms. The number of aromatic amines is 1. The van der Waals surface area contributed by atoms with Crippen molar-refractivity contribution in [3.05, 3.63) is 99.9 Å². The van der Waals surface area contributed by atoms with Gasteiger partial charge in [-0.25, -0.2) is 9.71 Å². The van der Waals surface area contributed by atoms with Crippen molar-refractivity contribution in [3.63, 3.8) is 0 Å². The number of fused-ring (bicyclic) bond motifs is 2. The topological polar surface area (TPSA) is 185 Å². The third-order valence-corrected chi connectivity index (χ3v) is 15.4. The van der Waals surface area contributed by atoms with Crippen LogP contribution in [0, 0.1) is 21.4 Å². The number of anilines is 2. The highest BCUT2D eigenvalue weighted by molar-refractivity contribution is 7.90. The Kier molecular flexibility index (Phi) is 10.3. The Morgan fingerprint density at radius 1 is 1.03 bits per heavy atom. The van der Waals surface area contributed by atoms with E-state index in [0.29, 0.717) is 40.7 Å². The molecule has 3 aliphatic heterocycles. The number of benzene rings is 2. The van der Waals surface area contributed by atoms with E-state index in [1.165, 1.54) is 43.0 Å². The van der Waals surface area contributed by atoms with Crippen LogP contribution in [0.25, 0.3) is 11.0 Å². The fourth-order valence-corrected chi connectivity index (χ4v) is 11.5. The number of H-pyrrole nitrogens is 1. The fourth-order valence-electron chi connectivity index (χ4n) is 10.5. The number of pyridine rings is 2. The normalized spacial score (nSPS) is 21.5. The molecule has 2 saturated heterocycles. The molecule has 4 fully saturated rings. The molecule has 1 spiro atoms. The minimum absolute atomic E-state index is 0.0342. The van der Waals surface area contributed by atoms with Gasteiger partial charge in [0.1, 0.15) is 23.8 Å². The summed E-state index contributed by atoms with van der Waals surface area (Å²) in [5.41, 5.74) is 4.27. The van der Waals surface area contributed by atoms with Crippen LogP contribution in [0.15, 0.2) is 78.1 Å². The van der Waals surface area contributed by atoms with Gasteiger partial charge in [0.25, 0.3) is 15.9 Å². The van der Waals surface area contributed by atoms with E-state index in [-0.39, 0.29) is 35.5 Å². The maximum atomic E-state index is 14.0. The Bertz CT molecular complexity index is 2650. The van der Waals surface area contributed by atoms with Gasteiger partial charge in [0.15, 0.2) is 10.7 Å². The van der Waals surface area contributed by atoms with Gasteiger partial charge in [-0.05, 0) is 111 Å². The average molecular weight is 861 g/mol. The maximum Gasteiger partial charge on any atom is 0.300 e. The largest absolute Gasteiger partial charge is 0.474 e.